The van der Waals surface area contributed by atoms with Gasteiger partial charge in [0.2, 0.25) is 8.32 Å². The Morgan fingerprint density at radius 1 is 0.960 bits per heavy atom. The number of benzene rings is 1. The summed E-state index contributed by atoms with van der Waals surface area (Å²) in [6, 6.07) is 10.9. The van der Waals surface area contributed by atoms with Crippen molar-refractivity contribution in [1.82, 2.24) is 0 Å². The molecule has 0 unspecified atom stereocenters. The Balaban J connectivity index is 1.98. The lowest BCUT2D eigenvalue weighted by atomic mass is 9.81. The lowest BCUT2D eigenvalue weighted by molar-refractivity contribution is 0.388. The smallest absolute Gasteiger partial charge is 0.241 e. The largest absolute Gasteiger partial charge is 0.547 e. The van der Waals surface area contributed by atoms with Gasteiger partial charge in [-0.05, 0) is 68.5 Å². The standard InChI is InChI=1S/C23H32OSi/c1-25(2,3)24-22-16-10-11-19(17-22)18-23(20-12-6-4-7-13-20)21-14-8-5-9-15-21/h4,6-7,12-13,17,21H,5,8-11,14-16H2,1-3H3. The van der Waals surface area contributed by atoms with Crippen LogP contribution in [0.4, 0.5) is 0 Å². The van der Waals surface area contributed by atoms with Crippen LogP contribution in [0, 0.1) is 5.92 Å². The second-order valence-corrected chi connectivity index (χ2v) is 12.9. The van der Waals surface area contributed by atoms with Crippen LogP contribution < -0.4 is 0 Å². The molecule has 0 aromatic heterocycles. The lowest BCUT2D eigenvalue weighted by Gasteiger charge is -2.25. The van der Waals surface area contributed by atoms with Crippen molar-refractivity contribution >= 4 is 13.9 Å². The van der Waals surface area contributed by atoms with Crippen molar-refractivity contribution in [2.75, 3.05) is 0 Å². The lowest BCUT2D eigenvalue weighted by Crippen LogP contribution is -2.25. The molecule has 0 atom stereocenters. The number of hydrogen-bond donors (Lipinski definition) is 0. The maximum absolute atomic E-state index is 6.27. The van der Waals surface area contributed by atoms with Gasteiger partial charge in [0, 0.05) is 12.0 Å². The highest BCUT2D eigenvalue weighted by atomic mass is 28.4. The predicted molar refractivity (Wildman–Crippen MR) is 110 cm³/mol. The van der Waals surface area contributed by atoms with Crippen LogP contribution in [-0.2, 0) is 4.43 Å². The molecule has 134 valence electrons. The number of rotatable bonds is 4. The van der Waals surface area contributed by atoms with E-state index in [4.69, 9.17) is 4.43 Å². The minimum absolute atomic E-state index is 0.667. The quantitative estimate of drug-likeness (QED) is 0.415. The van der Waals surface area contributed by atoms with E-state index in [1.54, 1.807) is 0 Å². The summed E-state index contributed by atoms with van der Waals surface area (Å²) in [5.41, 5.74) is 7.97. The Hall–Kier alpha value is -1.50. The SMILES string of the molecule is C[Si](C)(C)OC1=CC(=C=C(c2ccccc2)C2CCCCC2)CCC1. The maximum atomic E-state index is 6.27. The van der Waals surface area contributed by atoms with E-state index >= 15 is 0 Å². The molecule has 0 aliphatic heterocycles. The average Bonchev–Trinajstić information content (AvgIpc) is 2.60. The van der Waals surface area contributed by atoms with Crippen LogP contribution in [-0.4, -0.2) is 8.32 Å². The first kappa shape index (κ1) is 18.3. The Labute approximate surface area is 154 Å². The third kappa shape index (κ3) is 5.49. The zero-order chi connectivity index (χ0) is 17.7. The Morgan fingerprint density at radius 2 is 1.68 bits per heavy atom. The first-order chi connectivity index (χ1) is 12.0. The molecule has 1 fully saturated rings. The summed E-state index contributed by atoms with van der Waals surface area (Å²) in [7, 11) is -1.53. The van der Waals surface area contributed by atoms with Crippen molar-refractivity contribution in [3.8, 4) is 0 Å². The van der Waals surface area contributed by atoms with Gasteiger partial charge in [-0.1, -0.05) is 49.6 Å². The molecule has 2 aliphatic rings. The van der Waals surface area contributed by atoms with Crippen molar-refractivity contribution in [2.24, 2.45) is 5.92 Å². The first-order valence-electron chi connectivity index (χ1n) is 9.96. The Bertz CT molecular complexity index is 666. The van der Waals surface area contributed by atoms with Gasteiger partial charge in [0.05, 0.1) is 5.76 Å². The van der Waals surface area contributed by atoms with Crippen molar-refractivity contribution in [2.45, 2.75) is 71.0 Å². The van der Waals surface area contributed by atoms with E-state index in [1.165, 1.54) is 61.0 Å². The molecule has 0 spiro atoms. The van der Waals surface area contributed by atoms with Gasteiger partial charge >= 0.3 is 0 Å². The number of hydrogen-bond acceptors (Lipinski definition) is 1. The van der Waals surface area contributed by atoms with Gasteiger partial charge in [0.25, 0.3) is 0 Å². The van der Waals surface area contributed by atoms with Gasteiger partial charge in [0.1, 0.15) is 0 Å². The molecule has 1 saturated carbocycles. The second-order valence-electron chi connectivity index (χ2n) is 8.44. The molecule has 1 aromatic rings. The monoisotopic (exact) mass is 352 g/mol. The first-order valence-corrected chi connectivity index (χ1v) is 13.4. The molecule has 1 aromatic carbocycles. The van der Waals surface area contributed by atoms with Gasteiger partial charge in [-0.25, -0.2) is 0 Å². The minimum atomic E-state index is -1.53. The fraction of sp³-hybridized carbons (Fsp3) is 0.522. The van der Waals surface area contributed by atoms with E-state index in [0.717, 1.165) is 12.8 Å². The van der Waals surface area contributed by atoms with E-state index < -0.39 is 8.32 Å². The Kier molecular flexibility index (Phi) is 6.04. The summed E-state index contributed by atoms with van der Waals surface area (Å²) >= 11 is 0. The van der Waals surface area contributed by atoms with Gasteiger partial charge in [-0.2, -0.15) is 0 Å². The summed E-state index contributed by atoms with van der Waals surface area (Å²) in [5, 5.41) is 0. The van der Waals surface area contributed by atoms with Gasteiger partial charge < -0.3 is 4.43 Å². The number of allylic oxidation sites excluding steroid dienone is 3. The van der Waals surface area contributed by atoms with E-state index in [2.05, 4.69) is 61.8 Å². The van der Waals surface area contributed by atoms with Crippen LogP contribution in [0.2, 0.25) is 19.6 Å². The molecule has 0 radical (unpaired) electrons. The Morgan fingerprint density at radius 3 is 2.36 bits per heavy atom. The minimum Gasteiger partial charge on any atom is -0.547 e. The average molecular weight is 353 g/mol. The van der Waals surface area contributed by atoms with Crippen LogP contribution in [0.15, 0.2) is 53.5 Å². The fourth-order valence-electron chi connectivity index (χ4n) is 3.96. The summed E-state index contributed by atoms with van der Waals surface area (Å²) < 4.78 is 6.27. The van der Waals surface area contributed by atoms with Crippen molar-refractivity contribution < 1.29 is 4.43 Å². The van der Waals surface area contributed by atoms with Crippen LogP contribution >= 0.6 is 0 Å². The molecule has 0 amide bonds. The summed E-state index contributed by atoms with van der Waals surface area (Å²) in [6.45, 7) is 6.79. The molecule has 2 aliphatic carbocycles. The molecule has 0 bridgehead atoms. The van der Waals surface area contributed by atoms with E-state index in [9.17, 15) is 0 Å². The highest BCUT2D eigenvalue weighted by Gasteiger charge is 2.21. The third-order valence-corrected chi connectivity index (χ3v) is 5.91. The summed E-state index contributed by atoms with van der Waals surface area (Å²) in [6.07, 6.45) is 12.4. The van der Waals surface area contributed by atoms with Crippen molar-refractivity contribution in [1.29, 1.82) is 0 Å². The molecular weight excluding hydrogens is 320 g/mol. The molecule has 0 N–H and O–H groups in total. The molecule has 3 rings (SSSR count). The molecule has 0 heterocycles. The van der Waals surface area contributed by atoms with Gasteiger partial charge in [-0.15, -0.1) is 5.73 Å². The fourth-order valence-corrected chi connectivity index (χ4v) is 4.90. The highest BCUT2D eigenvalue weighted by molar-refractivity contribution is 6.70. The van der Waals surface area contributed by atoms with E-state index in [1.807, 2.05) is 0 Å². The predicted octanol–water partition coefficient (Wildman–Crippen LogP) is 7.09. The van der Waals surface area contributed by atoms with Gasteiger partial charge in [-0.3, -0.25) is 0 Å². The van der Waals surface area contributed by atoms with Crippen LogP contribution in [0.25, 0.3) is 5.57 Å². The van der Waals surface area contributed by atoms with Crippen LogP contribution in [0.3, 0.4) is 0 Å². The van der Waals surface area contributed by atoms with E-state index in [0.29, 0.717) is 5.92 Å². The zero-order valence-corrected chi connectivity index (χ0v) is 17.1. The molecule has 25 heavy (non-hydrogen) atoms. The molecular formula is C23H32OSi. The summed E-state index contributed by atoms with van der Waals surface area (Å²) in [5.74, 6) is 1.85. The molecule has 1 nitrogen and oxygen atoms in total. The third-order valence-electron chi connectivity index (χ3n) is 5.04. The van der Waals surface area contributed by atoms with Crippen LogP contribution in [0.5, 0.6) is 0 Å². The topological polar surface area (TPSA) is 9.23 Å². The molecule has 2 heteroatoms. The molecule has 0 saturated heterocycles. The van der Waals surface area contributed by atoms with E-state index in [-0.39, 0.29) is 0 Å². The van der Waals surface area contributed by atoms with Crippen molar-refractivity contribution in [3.63, 3.8) is 0 Å². The van der Waals surface area contributed by atoms with Crippen molar-refractivity contribution in [3.05, 3.63) is 59.0 Å². The second kappa shape index (κ2) is 8.25. The van der Waals surface area contributed by atoms with Gasteiger partial charge in [0.15, 0.2) is 0 Å². The normalized spacial score (nSPS) is 19.2. The highest BCUT2D eigenvalue weighted by Crippen LogP contribution is 2.36. The summed E-state index contributed by atoms with van der Waals surface area (Å²) in [4.78, 5) is 0. The zero-order valence-electron chi connectivity index (χ0n) is 16.1. The van der Waals surface area contributed by atoms with Crippen LogP contribution in [0.1, 0.15) is 56.9 Å². The maximum Gasteiger partial charge on any atom is 0.241 e.